The van der Waals surface area contributed by atoms with Crippen LogP contribution in [0.2, 0.25) is 5.02 Å². The Bertz CT molecular complexity index is 623. The number of nitrogens with zero attached hydrogens (tertiary/aromatic N) is 1. The standard InChI is InChI=1S/C14H14ClN3O/c15-10-5-6-11(13-9(10)3-1-8-17-13)18-14(19)12-4-2-7-16-12/h1,3,5-6,8,12,16H,2,4,7H2,(H,18,19)/t12-/m1/s1. The number of benzene rings is 1. The molecule has 1 aliphatic rings. The molecule has 19 heavy (non-hydrogen) atoms. The van der Waals surface area contributed by atoms with Crippen LogP contribution in [-0.2, 0) is 4.79 Å². The van der Waals surface area contributed by atoms with Gasteiger partial charge in [-0.2, -0.15) is 0 Å². The first kappa shape index (κ1) is 12.4. The number of nitrogens with one attached hydrogen (secondary N) is 2. The van der Waals surface area contributed by atoms with E-state index in [-0.39, 0.29) is 11.9 Å². The Morgan fingerprint density at radius 3 is 3.11 bits per heavy atom. The SMILES string of the molecule is O=C(Nc1ccc(Cl)c2cccnc12)[C@H]1CCCN1. The van der Waals surface area contributed by atoms with Gasteiger partial charge in [-0.05, 0) is 43.7 Å². The number of halogens is 1. The molecule has 2 aromatic rings. The molecule has 0 bridgehead atoms. The molecule has 0 saturated carbocycles. The molecule has 1 aromatic carbocycles. The lowest BCUT2D eigenvalue weighted by molar-refractivity contribution is -0.117. The van der Waals surface area contributed by atoms with E-state index in [1.807, 2.05) is 12.1 Å². The summed E-state index contributed by atoms with van der Waals surface area (Å²) in [6.07, 6.45) is 3.62. The second-order valence-corrected chi connectivity index (χ2v) is 5.04. The fourth-order valence-electron chi connectivity index (χ4n) is 2.37. The van der Waals surface area contributed by atoms with Gasteiger partial charge in [0, 0.05) is 11.6 Å². The number of aromatic nitrogens is 1. The number of carbonyl (C=O) groups excluding carboxylic acids is 1. The molecule has 0 spiro atoms. The Balaban J connectivity index is 1.92. The first-order valence-electron chi connectivity index (χ1n) is 6.33. The third-order valence-electron chi connectivity index (χ3n) is 3.35. The van der Waals surface area contributed by atoms with Crippen molar-refractivity contribution in [3.05, 3.63) is 35.5 Å². The number of pyridine rings is 1. The van der Waals surface area contributed by atoms with E-state index in [0.29, 0.717) is 10.7 Å². The summed E-state index contributed by atoms with van der Waals surface area (Å²) >= 11 is 6.13. The van der Waals surface area contributed by atoms with Crippen molar-refractivity contribution in [2.75, 3.05) is 11.9 Å². The molecule has 1 saturated heterocycles. The first-order chi connectivity index (χ1) is 9.25. The third kappa shape index (κ3) is 2.41. The highest BCUT2D eigenvalue weighted by molar-refractivity contribution is 6.35. The number of hydrogen-bond donors (Lipinski definition) is 2. The number of carbonyl (C=O) groups is 1. The van der Waals surface area contributed by atoms with Crippen molar-refractivity contribution >= 4 is 34.1 Å². The van der Waals surface area contributed by atoms with Gasteiger partial charge in [-0.3, -0.25) is 9.78 Å². The van der Waals surface area contributed by atoms with Gasteiger partial charge < -0.3 is 10.6 Å². The number of hydrogen-bond acceptors (Lipinski definition) is 3. The zero-order valence-corrected chi connectivity index (χ0v) is 11.1. The van der Waals surface area contributed by atoms with Crippen LogP contribution < -0.4 is 10.6 Å². The Labute approximate surface area is 116 Å². The van der Waals surface area contributed by atoms with Crippen LogP contribution in [0.25, 0.3) is 10.9 Å². The van der Waals surface area contributed by atoms with E-state index in [0.717, 1.165) is 30.3 Å². The highest BCUT2D eigenvalue weighted by atomic mass is 35.5. The topological polar surface area (TPSA) is 54.0 Å². The number of fused-ring (bicyclic) bond motifs is 1. The molecule has 4 nitrogen and oxygen atoms in total. The van der Waals surface area contributed by atoms with Crippen LogP contribution >= 0.6 is 11.6 Å². The van der Waals surface area contributed by atoms with Crippen LogP contribution in [0, 0.1) is 0 Å². The minimum absolute atomic E-state index is 0.00762. The summed E-state index contributed by atoms with van der Waals surface area (Å²) < 4.78 is 0. The maximum atomic E-state index is 12.1. The van der Waals surface area contributed by atoms with Crippen LogP contribution in [0.1, 0.15) is 12.8 Å². The molecule has 1 atom stereocenters. The largest absolute Gasteiger partial charge is 0.323 e. The second-order valence-electron chi connectivity index (χ2n) is 4.63. The van der Waals surface area contributed by atoms with Crippen LogP contribution in [-0.4, -0.2) is 23.5 Å². The summed E-state index contributed by atoms with van der Waals surface area (Å²) in [4.78, 5) is 16.4. The molecular weight excluding hydrogens is 262 g/mol. The van der Waals surface area contributed by atoms with Crippen molar-refractivity contribution in [1.82, 2.24) is 10.3 Å². The molecule has 5 heteroatoms. The van der Waals surface area contributed by atoms with Crippen molar-refractivity contribution in [3.63, 3.8) is 0 Å². The van der Waals surface area contributed by atoms with Crippen molar-refractivity contribution in [2.45, 2.75) is 18.9 Å². The van der Waals surface area contributed by atoms with Gasteiger partial charge in [0.2, 0.25) is 5.91 Å². The molecule has 0 radical (unpaired) electrons. The second kappa shape index (κ2) is 5.15. The van der Waals surface area contributed by atoms with E-state index in [2.05, 4.69) is 15.6 Å². The van der Waals surface area contributed by atoms with Crippen molar-refractivity contribution in [2.24, 2.45) is 0 Å². The van der Waals surface area contributed by atoms with E-state index >= 15 is 0 Å². The average Bonchev–Trinajstić information content (AvgIpc) is 2.96. The quantitative estimate of drug-likeness (QED) is 0.886. The molecule has 1 aromatic heterocycles. The number of amides is 1. The van der Waals surface area contributed by atoms with Gasteiger partial charge in [0.25, 0.3) is 0 Å². The lowest BCUT2D eigenvalue weighted by Crippen LogP contribution is -2.35. The summed E-state index contributed by atoms with van der Waals surface area (Å²) in [7, 11) is 0. The van der Waals surface area contributed by atoms with Crippen LogP contribution in [0.3, 0.4) is 0 Å². The molecule has 1 amide bonds. The van der Waals surface area contributed by atoms with Gasteiger partial charge in [0.05, 0.1) is 22.3 Å². The molecule has 2 N–H and O–H groups in total. The Morgan fingerprint density at radius 2 is 2.32 bits per heavy atom. The van der Waals surface area contributed by atoms with E-state index in [1.165, 1.54) is 0 Å². The summed E-state index contributed by atoms with van der Waals surface area (Å²) in [5.74, 6) is -0.00762. The van der Waals surface area contributed by atoms with Gasteiger partial charge >= 0.3 is 0 Å². The molecule has 0 unspecified atom stereocenters. The van der Waals surface area contributed by atoms with E-state index in [1.54, 1.807) is 18.3 Å². The predicted octanol–water partition coefficient (Wildman–Crippen LogP) is 2.58. The molecule has 98 valence electrons. The molecule has 1 aliphatic heterocycles. The molecular formula is C14H14ClN3O. The van der Waals surface area contributed by atoms with Gasteiger partial charge in [0.15, 0.2) is 0 Å². The monoisotopic (exact) mass is 275 g/mol. The van der Waals surface area contributed by atoms with Crippen LogP contribution in [0.15, 0.2) is 30.5 Å². The lowest BCUT2D eigenvalue weighted by atomic mass is 10.1. The smallest absolute Gasteiger partial charge is 0.241 e. The highest BCUT2D eigenvalue weighted by Gasteiger charge is 2.22. The van der Waals surface area contributed by atoms with E-state index in [4.69, 9.17) is 11.6 Å². The highest BCUT2D eigenvalue weighted by Crippen LogP contribution is 2.28. The minimum atomic E-state index is -0.102. The van der Waals surface area contributed by atoms with Crippen molar-refractivity contribution < 1.29 is 4.79 Å². The van der Waals surface area contributed by atoms with E-state index < -0.39 is 0 Å². The van der Waals surface area contributed by atoms with Crippen molar-refractivity contribution in [1.29, 1.82) is 0 Å². The fourth-order valence-corrected chi connectivity index (χ4v) is 2.58. The summed E-state index contributed by atoms with van der Waals surface area (Å²) in [6, 6.07) is 7.20. The van der Waals surface area contributed by atoms with Crippen LogP contribution in [0.4, 0.5) is 5.69 Å². The lowest BCUT2D eigenvalue weighted by Gasteiger charge is -2.13. The van der Waals surface area contributed by atoms with Crippen LogP contribution in [0.5, 0.6) is 0 Å². The molecule has 0 aliphatic carbocycles. The zero-order chi connectivity index (χ0) is 13.2. The summed E-state index contributed by atoms with van der Waals surface area (Å²) in [5.41, 5.74) is 1.43. The molecule has 2 heterocycles. The average molecular weight is 276 g/mol. The third-order valence-corrected chi connectivity index (χ3v) is 3.68. The van der Waals surface area contributed by atoms with Gasteiger partial charge in [0.1, 0.15) is 0 Å². The first-order valence-corrected chi connectivity index (χ1v) is 6.71. The van der Waals surface area contributed by atoms with Gasteiger partial charge in [-0.25, -0.2) is 0 Å². The number of anilines is 1. The maximum absolute atomic E-state index is 12.1. The Hall–Kier alpha value is -1.65. The van der Waals surface area contributed by atoms with E-state index in [9.17, 15) is 4.79 Å². The molecule has 3 rings (SSSR count). The summed E-state index contributed by atoms with van der Waals surface area (Å²) in [5, 5.41) is 7.60. The fraction of sp³-hybridized carbons (Fsp3) is 0.286. The summed E-state index contributed by atoms with van der Waals surface area (Å²) in [6.45, 7) is 0.900. The Kier molecular flexibility index (Phi) is 3.36. The zero-order valence-electron chi connectivity index (χ0n) is 10.3. The van der Waals surface area contributed by atoms with Crippen molar-refractivity contribution in [3.8, 4) is 0 Å². The maximum Gasteiger partial charge on any atom is 0.241 e. The minimum Gasteiger partial charge on any atom is -0.323 e. The number of rotatable bonds is 2. The Morgan fingerprint density at radius 1 is 1.42 bits per heavy atom. The van der Waals surface area contributed by atoms with Gasteiger partial charge in [-0.15, -0.1) is 0 Å². The normalized spacial score (nSPS) is 18.7. The van der Waals surface area contributed by atoms with Gasteiger partial charge in [-0.1, -0.05) is 11.6 Å². The predicted molar refractivity (Wildman–Crippen MR) is 76.4 cm³/mol. The molecule has 1 fully saturated rings.